The molecule has 16 heavy (non-hydrogen) atoms. The van der Waals surface area contributed by atoms with E-state index in [9.17, 15) is 4.79 Å². The average molecular weight is 242 g/mol. The van der Waals surface area contributed by atoms with E-state index in [-0.39, 0.29) is 0 Å². The molecule has 3 nitrogen and oxygen atoms in total. The Bertz CT molecular complexity index is 241. The molecule has 2 unspecified atom stereocenters. The first-order valence-electron chi connectivity index (χ1n) is 6.35. The van der Waals surface area contributed by atoms with Crippen LogP contribution in [0, 0.1) is 0 Å². The Kier molecular flexibility index (Phi) is 4.53. The van der Waals surface area contributed by atoms with Gasteiger partial charge in [-0.1, -0.05) is 6.42 Å². The van der Waals surface area contributed by atoms with Crippen molar-refractivity contribution in [3.63, 3.8) is 0 Å². The van der Waals surface area contributed by atoms with Crippen LogP contribution >= 0.6 is 11.8 Å². The van der Waals surface area contributed by atoms with Crippen LogP contribution in [0.5, 0.6) is 0 Å². The van der Waals surface area contributed by atoms with Crippen LogP contribution in [0.3, 0.4) is 0 Å². The quantitative estimate of drug-likeness (QED) is 0.810. The molecule has 2 aliphatic rings. The maximum absolute atomic E-state index is 11.9. The zero-order valence-electron chi connectivity index (χ0n) is 10.1. The van der Waals surface area contributed by atoms with Gasteiger partial charge in [0.1, 0.15) is 0 Å². The van der Waals surface area contributed by atoms with Gasteiger partial charge >= 0.3 is 0 Å². The summed E-state index contributed by atoms with van der Waals surface area (Å²) in [6.45, 7) is 2.48. The summed E-state index contributed by atoms with van der Waals surface area (Å²) in [6.07, 6.45) is 8.38. The molecule has 1 amide bonds. The number of carbonyl (C=O) groups excluding carboxylic acids is 1. The Morgan fingerprint density at radius 3 is 2.75 bits per heavy atom. The molecule has 1 aliphatic carbocycles. The van der Waals surface area contributed by atoms with Gasteiger partial charge in [-0.15, -0.1) is 0 Å². The number of carbonyl (C=O) groups is 1. The van der Waals surface area contributed by atoms with Crippen molar-refractivity contribution >= 4 is 17.7 Å². The van der Waals surface area contributed by atoms with Crippen molar-refractivity contribution in [1.82, 2.24) is 10.2 Å². The Morgan fingerprint density at radius 1 is 1.31 bits per heavy atom. The largest absolute Gasteiger partial charge is 0.342 e. The van der Waals surface area contributed by atoms with Gasteiger partial charge in [-0.2, -0.15) is 11.8 Å². The summed E-state index contributed by atoms with van der Waals surface area (Å²) in [6, 6.07) is 0.557. The van der Waals surface area contributed by atoms with Gasteiger partial charge in [-0.3, -0.25) is 4.79 Å². The first-order chi connectivity index (χ1) is 7.81. The van der Waals surface area contributed by atoms with Crippen molar-refractivity contribution in [2.24, 2.45) is 0 Å². The second kappa shape index (κ2) is 5.92. The number of nitrogens with zero attached hydrogens (tertiary/aromatic N) is 1. The molecule has 0 aromatic rings. The molecule has 1 saturated carbocycles. The maximum atomic E-state index is 11.9. The fraction of sp³-hybridized carbons (Fsp3) is 0.917. The van der Waals surface area contributed by atoms with Gasteiger partial charge in [0.15, 0.2) is 0 Å². The highest BCUT2D eigenvalue weighted by atomic mass is 32.2. The van der Waals surface area contributed by atoms with E-state index in [4.69, 9.17) is 0 Å². The van der Waals surface area contributed by atoms with Crippen LogP contribution in [0.1, 0.15) is 32.1 Å². The number of hydrogen-bond acceptors (Lipinski definition) is 3. The predicted molar refractivity (Wildman–Crippen MR) is 68.8 cm³/mol. The second-order valence-corrected chi connectivity index (χ2v) is 5.86. The Morgan fingerprint density at radius 2 is 2.06 bits per heavy atom. The van der Waals surface area contributed by atoms with Crippen LogP contribution in [-0.2, 0) is 4.79 Å². The molecular formula is C12H22N2OS. The van der Waals surface area contributed by atoms with Crippen molar-refractivity contribution in [1.29, 1.82) is 0 Å². The van der Waals surface area contributed by atoms with Crippen molar-refractivity contribution in [3.05, 3.63) is 0 Å². The fourth-order valence-corrected chi connectivity index (χ4v) is 3.70. The fourth-order valence-electron chi connectivity index (χ4n) is 2.74. The number of nitrogens with one attached hydrogen (secondary N) is 1. The van der Waals surface area contributed by atoms with E-state index in [1.165, 1.54) is 32.1 Å². The lowest BCUT2D eigenvalue weighted by molar-refractivity contribution is -0.129. The molecule has 2 fully saturated rings. The minimum atomic E-state index is 0.296. The van der Waals surface area contributed by atoms with Gasteiger partial charge in [0, 0.05) is 24.4 Å². The number of hydrogen-bond donors (Lipinski definition) is 1. The van der Waals surface area contributed by atoms with Gasteiger partial charge in [0.05, 0.1) is 6.54 Å². The lowest BCUT2D eigenvalue weighted by Crippen LogP contribution is -2.42. The summed E-state index contributed by atoms with van der Waals surface area (Å²) >= 11 is 1.94. The number of thioether (sulfide) groups is 1. The lowest BCUT2D eigenvalue weighted by atomic mass is 10.2. The van der Waals surface area contributed by atoms with Crippen LogP contribution in [0.15, 0.2) is 0 Å². The van der Waals surface area contributed by atoms with E-state index in [0.717, 1.165) is 13.1 Å². The van der Waals surface area contributed by atoms with Crippen LogP contribution in [0.25, 0.3) is 0 Å². The number of amides is 1. The molecular weight excluding hydrogens is 220 g/mol. The van der Waals surface area contributed by atoms with Crippen LogP contribution in [0.4, 0.5) is 0 Å². The molecule has 0 aromatic carbocycles. The Hall–Kier alpha value is -0.220. The molecule has 1 heterocycles. The summed E-state index contributed by atoms with van der Waals surface area (Å²) in [7, 11) is 0. The van der Waals surface area contributed by atoms with Gasteiger partial charge in [0.25, 0.3) is 0 Å². The van der Waals surface area contributed by atoms with E-state index in [1.54, 1.807) is 0 Å². The standard InChI is InChI=1S/C12H22N2OS/c1-16-11-6-4-5-10(11)13-9-12(15)14-7-2-3-8-14/h10-11,13H,2-9H2,1H3. The van der Waals surface area contributed by atoms with Gasteiger partial charge in [0.2, 0.25) is 5.91 Å². The van der Waals surface area contributed by atoms with E-state index in [1.807, 2.05) is 16.7 Å². The van der Waals surface area contributed by atoms with Gasteiger partial charge in [-0.25, -0.2) is 0 Å². The molecule has 0 bridgehead atoms. The first kappa shape index (κ1) is 12.2. The third-order valence-electron chi connectivity index (χ3n) is 3.73. The maximum Gasteiger partial charge on any atom is 0.236 e. The SMILES string of the molecule is CSC1CCCC1NCC(=O)N1CCCC1. The predicted octanol–water partition coefficient (Wildman–Crippen LogP) is 1.48. The van der Waals surface area contributed by atoms with Crippen molar-refractivity contribution in [2.75, 3.05) is 25.9 Å². The van der Waals surface area contributed by atoms with Crippen molar-refractivity contribution in [3.8, 4) is 0 Å². The highest BCUT2D eigenvalue weighted by molar-refractivity contribution is 7.99. The Labute approximate surface area is 102 Å². The summed E-state index contributed by atoms with van der Waals surface area (Å²) in [5, 5.41) is 4.16. The van der Waals surface area contributed by atoms with Gasteiger partial charge in [-0.05, 0) is 31.9 Å². The normalized spacial score (nSPS) is 29.9. The molecule has 1 saturated heterocycles. The first-order valence-corrected chi connectivity index (χ1v) is 7.64. The molecule has 0 radical (unpaired) electrons. The molecule has 0 spiro atoms. The third-order valence-corrected chi connectivity index (χ3v) is 4.90. The lowest BCUT2D eigenvalue weighted by Gasteiger charge is -2.21. The highest BCUT2D eigenvalue weighted by Gasteiger charge is 2.27. The summed E-state index contributed by atoms with van der Waals surface area (Å²) in [5.41, 5.74) is 0. The molecule has 1 aliphatic heterocycles. The third kappa shape index (κ3) is 2.92. The van der Waals surface area contributed by atoms with E-state index in [2.05, 4.69) is 11.6 Å². The minimum Gasteiger partial charge on any atom is -0.342 e. The average Bonchev–Trinajstić information content (AvgIpc) is 2.96. The highest BCUT2D eigenvalue weighted by Crippen LogP contribution is 2.28. The summed E-state index contributed by atoms with van der Waals surface area (Å²) < 4.78 is 0. The topological polar surface area (TPSA) is 32.3 Å². The van der Waals surface area contributed by atoms with Crippen LogP contribution < -0.4 is 5.32 Å². The zero-order valence-corrected chi connectivity index (χ0v) is 10.9. The molecule has 2 atom stereocenters. The summed E-state index contributed by atoms with van der Waals surface area (Å²) in [4.78, 5) is 13.8. The molecule has 4 heteroatoms. The number of likely N-dealkylation sites (tertiary alicyclic amines) is 1. The van der Waals surface area contributed by atoms with Crippen molar-refractivity contribution < 1.29 is 4.79 Å². The molecule has 92 valence electrons. The Balaban J connectivity index is 1.71. The van der Waals surface area contributed by atoms with E-state index in [0.29, 0.717) is 23.7 Å². The van der Waals surface area contributed by atoms with E-state index < -0.39 is 0 Å². The van der Waals surface area contributed by atoms with Gasteiger partial charge < -0.3 is 10.2 Å². The monoisotopic (exact) mass is 242 g/mol. The smallest absolute Gasteiger partial charge is 0.236 e. The van der Waals surface area contributed by atoms with Crippen LogP contribution in [0.2, 0.25) is 0 Å². The minimum absolute atomic E-state index is 0.296. The zero-order chi connectivity index (χ0) is 11.4. The molecule has 0 aromatic heterocycles. The number of rotatable bonds is 4. The second-order valence-electron chi connectivity index (χ2n) is 4.78. The molecule has 2 rings (SSSR count). The van der Waals surface area contributed by atoms with E-state index >= 15 is 0 Å². The van der Waals surface area contributed by atoms with Crippen molar-refractivity contribution in [2.45, 2.75) is 43.4 Å². The molecule has 1 N–H and O–H groups in total. The van der Waals surface area contributed by atoms with Crippen LogP contribution in [-0.4, -0.2) is 48.0 Å². The summed E-state index contributed by atoms with van der Waals surface area (Å²) in [5.74, 6) is 0.296.